The van der Waals surface area contributed by atoms with Crippen molar-refractivity contribution < 1.29 is 4.79 Å². The first kappa shape index (κ1) is 21.5. The third-order valence-electron chi connectivity index (χ3n) is 5.45. The first-order valence-electron chi connectivity index (χ1n) is 10.3. The maximum atomic E-state index is 12.4. The zero-order valence-corrected chi connectivity index (χ0v) is 18.7. The number of fused-ring (bicyclic) bond motifs is 1. The Morgan fingerprint density at radius 3 is 2.62 bits per heavy atom. The second-order valence-electron chi connectivity index (χ2n) is 7.67. The predicted octanol–water partition coefficient (Wildman–Crippen LogP) is 4.64. The van der Waals surface area contributed by atoms with Crippen LogP contribution in [0.5, 0.6) is 0 Å². The molecule has 0 bridgehead atoms. The molecular formula is C25H22N4O2S. The zero-order valence-electron chi connectivity index (χ0n) is 17.9. The van der Waals surface area contributed by atoms with Gasteiger partial charge in [0.2, 0.25) is 5.91 Å². The lowest BCUT2D eigenvalue weighted by atomic mass is 9.99. The number of anilines is 1. The lowest BCUT2D eigenvalue weighted by Crippen LogP contribution is -2.18. The number of aryl methyl sites for hydroxylation is 1. The Balaban J connectivity index is 1.37. The molecule has 2 aromatic heterocycles. The number of benzene rings is 2. The summed E-state index contributed by atoms with van der Waals surface area (Å²) in [6.07, 6.45) is 1.45. The van der Waals surface area contributed by atoms with Crippen LogP contribution in [0.2, 0.25) is 0 Å². The minimum atomic E-state index is -0.387. The van der Waals surface area contributed by atoms with Gasteiger partial charge in [-0.15, -0.1) is 11.3 Å². The molecule has 2 heterocycles. The minimum absolute atomic E-state index is 0.106. The van der Waals surface area contributed by atoms with Crippen molar-refractivity contribution >= 4 is 33.1 Å². The van der Waals surface area contributed by atoms with Gasteiger partial charge in [-0.2, -0.15) is 5.26 Å². The SMILES string of the molecule is Cc1[nH]c(=O)c(C#N)c(C)c1CCC(=O)Nc1ccc(Cc2nc3ccccc3s2)cc1. The molecule has 7 heteroatoms. The van der Waals surface area contributed by atoms with E-state index in [1.54, 1.807) is 25.2 Å². The summed E-state index contributed by atoms with van der Waals surface area (Å²) in [5.74, 6) is -0.118. The third kappa shape index (κ3) is 4.61. The zero-order chi connectivity index (χ0) is 22.7. The fourth-order valence-corrected chi connectivity index (χ4v) is 4.76. The van der Waals surface area contributed by atoms with E-state index in [1.807, 2.05) is 48.5 Å². The van der Waals surface area contributed by atoms with E-state index in [-0.39, 0.29) is 23.5 Å². The molecule has 0 aliphatic heterocycles. The molecule has 0 aliphatic rings. The molecule has 0 aliphatic carbocycles. The lowest BCUT2D eigenvalue weighted by molar-refractivity contribution is -0.116. The van der Waals surface area contributed by atoms with Crippen LogP contribution in [0.15, 0.2) is 53.3 Å². The van der Waals surface area contributed by atoms with Crippen molar-refractivity contribution in [1.82, 2.24) is 9.97 Å². The number of pyridine rings is 1. The van der Waals surface area contributed by atoms with Gasteiger partial charge in [0, 0.05) is 24.2 Å². The smallest absolute Gasteiger partial charge is 0.266 e. The van der Waals surface area contributed by atoms with Crippen LogP contribution in [0.25, 0.3) is 10.2 Å². The van der Waals surface area contributed by atoms with Crippen LogP contribution in [0.4, 0.5) is 5.69 Å². The molecule has 2 N–H and O–H groups in total. The normalized spacial score (nSPS) is 10.8. The molecule has 160 valence electrons. The number of amides is 1. The summed E-state index contributed by atoms with van der Waals surface area (Å²) >= 11 is 1.69. The molecule has 0 saturated carbocycles. The van der Waals surface area contributed by atoms with Crippen molar-refractivity contribution in [3.63, 3.8) is 0 Å². The maximum Gasteiger partial charge on any atom is 0.266 e. The number of hydrogen-bond donors (Lipinski definition) is 2. The first-order chi connectivity index (χ1) is 15.4. The number of carbonyl (C=O) groups excluding carboxylic acids is 1. The number of rotatable bonds is 6. The molecule has 1 amide bonds. The van der Waals surface area contributed by atoms with E-state index in [1.165, 1.54) is 4.70 Å². The number of aromatic nitrogens is 2. The van der Waals surface area contributed by atoms with Crippen molar-refractivity contribution in [2.45, 2.75) is 33.1 Å². The summed E-state index contributed by atoms with van der Waals surface area (Å²) < 4.78 is 1.18. The number of thiazole rings is 1. The van der Waals surface area contributed by atoms with Crippen LogP contribution in [0, 0.1) is 25.2 Å². The number of hydrogen-bond acceptors (Lipinski definition) is 5. The Labute approximate surface area is 189 Å². The number of H-pyrrole nitrogens is 1. The monoisotopic (exact) mass is 442 g/mol. The highest BCUT2D eigenvalue weighted by Crippen LogP contribution is 2.24. The van der Waals surface area contributed by atoms with Crippen molar-refractivity contribution in [2.24, 2.45) is 0 Å². The van der Waals surface area contributed by atoms with Crippen LogP contribution in [-0.2, 0) is 17.6 Å². The highest BCUT2D eigenvalue weighted by Gasteiger charge is 2.13. The predicted molar refractivity (Wildman–Crippen MR) is 127 cm³/mol. The fraction of sp³-hybridized carbons (Fsp3) is 0.200. The number of carbonyl (C=O) groups is 1. The molecule has 0 unspecified atom stereocenters. The van der Waals surface area contributed by atoms with Crippen molar-refractivity contribution in [1.29, 1.82) is 5.26 Å². The van der Waals surface area contributed by atoms with E-state index >= 15 is 0 Å². The van der Waals surface area contributed by atoms with E-state index in [0.717, 1.165) is 33.8 Å². The van der Waals surface area contributed by atoms with Crippen LogP contribution in [-0.4, -0.2) is 15.9 Å². The van der Waals surface area contributed by atoms with E-state index < -0.39 is 0 Å². The van der Waals surface area contributed by atoms with E-state index in [2.05, 4.69) is 21.4 Å². The molecule has 0 spiro atoms. The van der Waals surface area contributed by atoms with E-state index in [0.29, 0.717) is 17.7 Å². The number of nitriles is 1. The fourth-order valence-electron chi connectivity index (χ4n) is 3.76. The summed E-state index contributed by atoms with van der Waals surface area (Å²) in [5, 5.41) is 13.2. The second kappa shape index (κ2) is 9.16. The molecule has 0 radical (unpaired) electrons. The van der Waals surface area contributed by atoms with Gasteiger partial charge < -0.3 is 10.3 Å². The third-order valence-corrected chi connectivity index (χ3v) is 6.49. The Kier molecular flexibility index (Phi) is 6.15. The van der Waals surface area contributed by atoms with Gasteiger partial charge in [-0.3, -0.25) is 9.59 Å². The van der Waals surface area contributed by atoms with Gasteiger partial charge in [-0.05, 0) is 61.2 Å². The maximum absolute atomic E-state index is 12.4. The Hall–Kier alpha value is -3.76. The minimum Gasteiger partial charge on any atom is -0.326 e. The largest absolute Gasteiger partial charge is 0.326 e. The summed E-state index contributed by atoms with van der Waals surface area (Å²) in [4.78, 5) is 31.7. The van der Waals surface area contributed by atoms with Crippen molar-refractivity contribution in [2.75, 3.05) is 5.32 Å². The average molecular weight is 443 g/mol. The molecule has 0 atom stereocenters. The van der Waals surface area contributed by atoms with Gasteiger partial charge in [-0.25, -0.2) is 4.98 Å². The summed E-state index contributed by atoms with van der Waals surface area (Å²) in [5.41, 5.74) is 4.77. The van der Waals surface area contributed by atoms with Crippen LogP contribution in [0.3, 0.4) is 0 Å². The highest BCUT2D eigenvalue weighted by molar-refractivity contribution is 7.18. The van der Waals surface area contributed by atoms with Crippen LogP contribution >= 0.6 is 11.3 Å². The molecule has 6 nitrogen and oxygen atoms in total. The number of aromatic amines is 1. The molecular weight excluding hydrogens is 420 g/mol. The number of para-hydroxylation sites is 1. The van der Waals surface area contributed by atoms with Gasteiger partial charge >= 0.3 is 0 Å². The van der Waals surface area contributed by atoms with Gasteiger partial charge in [0.15, 0.2) is 0 Å². The Morgan fingerprint density at radius 1 is 1.16 bits per heavy atom. The Bertz CT molecular complexity index is 1360. The van der Waals surface area contributed by atoms with Crippen molar-refractivity contribution in [3.8, 4) is 6.07 Å². The number of nitrogens with zero attached hydrogens (tertiary/aromatic N) is 2. The van der Waals surface area contributed by atoms with Crippen molar-refractivity contribution in [3.05, 3.63) is 91.8 Å². The molecule has 4 rings (SSSR count). The summed E-state index contributed by atoms with van der Waals surface area (Å²) in [6.45, 7) is 3.53. The topological polar surface area (TPSA) is 98.6 Å². The molecule has 32 heavy (non-hydrogen) atoms. The van der Waals surface area contributed by atoms with Crippen LogP contribution in [0.1, 0.15) is 39.4 Å². The molecule has 0 saturated heterocycles. The highest BCUT2D eigenvalue weighted by atomic mass is 32.1. The van der Waals surface area contributed by atoms with Gasteiger partial charge in [-0.1, -0.05) is 24.3 Å². The molecule has 2 aromatic carbocycles. The lowest BCUT2D eigenvalue weighted by Gasteiger charge is -2.11. The van der Waals surface area contributed by atoms with Gasteiger partial charge in [0.25, 0.3) is 5.56 Å². The number of nitrogens with one attached hydrogen (secondary N) is 2. The van der Waals surface area contributed by atoms with E-state index in [4.69, 9.17) is 0 Å². The summed E-state index contributed by atoms with van der Waals surface area (Å²) in [7, 11) is 0. The molecule has 4 aromatic rings. The van der Waals surface area contributed by atoms with Gasteiger partial charge in [0.05, 0.1) is 15.2 Å². The quantitative estimate of drug-likeness (QED) is 0.455. The Morgan fingerprint density at radius 2 is 1.91 bits per heavy atom. The molecule has 0 fully saturated rings. The second-order valence-corrected chi connectivity index (χ2v) is 8.78. The van der Waals surface area contributed by atoms with Gasteiger partial charge in [0.1, 0.15) is 11.6 Å². The summed E-state index contributed by atoms with van der Waals surface area (Å²) in [6, 6.07) is 17.8. The first-order valence-corrected chi connectivity index (χ1v) is 11.1. The van der Waals surface area contributed by atoms with Crippen LogP contribution < -0.4 is 10.9 Å². The standard InChI is InChI=1S/C25H22N4O2S/c1-15-19(16(2)27-25(31)20(15)14-26)11-12-23(30)28-18-9-7-17(8-10-18)13-24-29-21-5-3-4-6-22(21)32-24/h3-10H,11-13H2,1-2H3,(H,27,31)(H,28,30). The van der Waals surface area contributed by atoms with E-state index in [9.17, 15) is 14.9 Å². The average Bonchev–Trinajstić information content (AvgIpc) is 3.17.